The highest BCUT2D eigenvalue weighted by Crippen LogP contribution is 2.33. The second kappa shape index (κ2) is 8.80. The standard InChI is InChI=1S/C20H23N3O7S/c1-13-16(5-4-6-17(13)23(25)26)22(31(3,27)28)12-20(24)21-14(2)15-7-8-18-19(11-15)30-10-9-29-18/h4-8,11,14H,9-10,12H2,1-3H3,(H,21,24)/t14-/m1/s1. The third-order valence-corrected chi connectivity index (χ3v) is 6.00. The summed E-state index contributed by atoms with van der Waals surface area (Å²) >= 11 is 0. The van der Waals surface area contributed by atoms with E-state index in [1.807, 2.05) is 0 Å². The molecular formula is C20H23N3O7S. The van der Waals surface area contributed by atoms with Crippen molar-refractivity contribution in [3.8, 4) is 11.5 Å². The van der Waals surface area contributed by atoms with Crippen molar-refractivity contribution in [1.29, 1.82) is 0 Å². The summed E-state index contributed by atoms with van der Waals surface area (Å²) in [6, 6.07) is 8.96. The van der Waals surface area contributed by atoms with Gasteiger partial charge in [-0.1, -0.05) is 12.1 Å². The lowest BCUT2D eigenvalue weighted by molar-refractivity contribution is -0.385. The van der Waals surface area contributed by atoms with Crippen molar-refractivity contribution < 1.29 is 27.6 Å². The first-order valence-electron chi connectivity index (χ1n) is 9.48. The van der Waals surface area contributed by atoms with Crippen molar-refractivity contribution >= 4 is 27.3 Å². The molecule has 1 heterocycles. The van der Waals surface area contributed by atoms with Gasteiger partial charge in [0.1, 0.15) is 19.8 Å². The monoisotopic (exact) mass is 449 g/mol. The molecule has 0 bridgehead atoms. The van der Waals surface area contributed by atoms with Crippen LogP contribution in [0.1, 0.15) is 24.1 Å². The summed E-state index contributed by atoms with van der Waals surface area (Å²) in [4.78, 5) is 23.3. The van der Waals surface area contributed by atoms with E-state index < -0.39 is 33.4 Å². The average molecular weight is 449 g/mol. The Kier molecular flexibility index (Phi) is 6.34. The second-order valence-electron chi connectivity index (χ2n) is 7.14. The summed E-state index contributed by atoms with van der Waals surface area (Å²) in [5.41, 5.74) is 0.774. The number of nitro groups is 1. The lowest BCUT2D eigenvalue weighted by atomic mass is 10.1. The van der Waals surface area contributed by atoms with Gasteiger partial charge in [-0.2, -0.15) is 0 Å². The quantitative estimate of drug-likeness (QED) is 0.507. The number of hydrogen-bond acceptors (Lipinski definition) is 7. The van der Waals surface area contributed by atoms with Gasteiger partial charge >= 0.3 is 0 Å². The third-order valence-electron chi connectivity index (χ3n) is 4.87. The predicted octanol–water partition coefficient (Wildman–Crippen LogP) is 2.32. The molecule has 1 aliphatic rings. The number of carbonyl (C=O) groups excluding carboxylic acids is 1. The van der Waals surface area contributed by atoms with Crippen LogP contribution in [0.15, 0.2) is 36.4 Å². The fraction of sp³-hybridized carbons (Fsp3) is 0.350. The largest absolute Gasteiger partial charge is 0.486 e. The number of nitrogens with one attached hydrogen (secondary N) is 1. The van der Waals surface area contributed by atoms with Gasteiger partial charge in [-0.05, 0) is 37.6 Å². The van der Waals surface area contributed by atoms with E-state index in [1.54, 1.807) is 25.1 Å². The molecule has 10 nitrogen and oxygen atoms in total. The summed E-state index contributed by atoms with van der Waals surface area (Å²) in [5, 5.41) is 14.0. The summed E-state index contributed by atoms with van der Waals surface area (Å²) in [5.74, 6) is 0.645. The van der Waals surface area contributed by atoms with Gasteiger partial charge < -0.3 is 14.8 Å². The van der Waals surface area contributed by atoms with E-state index in [0.717, 1.165) is 16.1 Å². The minimum atomic E-state index is -3.88. The van der Waals surface area contributed by atoms with Gasteiger partial charge in [-0.15, -0.1) is 0 Å². The maximum Gasteiger partial charge on any atom is 0.274 e. The van der Waals surface area contributed by atoms with Crippen LogP contribution in [0.25, 0.3) is 0 Å². The highest BCUT2D eigenvalue weighted by molar-refractivity contribution is 7.92. The Hall–Kier alpha value is -3.34. The first kappa shape index (κ1) is 22.3. The Morgan fingerprint density at radius 3 is 2.55 bits per heavy atom. The zero-order valence-corrected chi connectivity index (χ0v) is 18.1. The number of anilines is 1. The Labute approximate surface area is 180 Å². The van der Waals surface area contributed by atoms with Crippen LogP contribution in [0.3, 0.4) is 0 Å². The normalized spacial score (nSPS) is 13.9. The highest BCUT2D eigenvalue weighted by atomic mass is 32.2. The summed E-state index contributed by atoms with van der Waals surface area (Å²) in [7, 11) is -3.88. The van der Waals surface area contributed by atoms with Gasteiger partial charge in [0.05, 0.1) is 28.5 Å². The molecule has 31 heavy (non-hydrogen) atoms. The summed E-state index contributed by atoms with van der Waals surface area (Å²) < 4.78 is 36.6. The molecule has 0 aromatic heterocycles. The predicted molar refractivity (Wildman–Crippen MR) is 114 cm³/mol. The number of rotatable bonds is 7. The molecule has 3 rings (SSSR count). The van der Waals surface area contributed by atoms with E-state index in [4.69, 9.17) is 9.47 Å². The van der Waals surface area contributed by atoms with Crippen molar-refractivity contribution in [2.45, 2.75) is 19.9 Å². The van der Waals surface area contributed by atoms with E-state index in [0.29, 0.717) is 24.7 Å². The molecule has 166 valence electrons. The molecule has 1 N–H and O–H groups in total. The van der Waals surface area contributed by atoms with Crippen LogP contribution in [-0.2, 0) is 14.8 Å². The number of ether oxygens (including phenoxy) is 2. The number of nitrogens with zero attached hydrogens (tertiary/aromatic N) is 2. The minimum Gasteiger partial charge on any atom is -0.486 e. The molecule has 1 amide bonds. The van der Waals surface area contributed by atoms with E-state index in [9.17, 15) is 23.3 Å². The molecule has 11 heteroatoms. The van der Waals surface area contributed by atoms with Crippen molar-refractivity contribution in [3.63, 3.8) is 0 Å². The lowest BCUT2D eigenvalue weighted by Gasteiger charge is -2.25. The van der Waals surface area contributed by atoms with Crippen LogP contribution < -0.4 is 19.1 Å². The van der Waals surface area contributed by atoms with E-state index >= 15 is 0 Å². The first-order chi connectivity index (χ1) is 14.6. The fourth-order valence-electron chi connectivity index (χ4n) is 3.29. The second-order valence-corrected chi connectivity index (χ2v) is 9.05. The first-order valence-corrected chi connectivity index (χ1v) is 11.3. The number of benzene rings is 2. The van der Waals surface area contributed by atoms with Crippen LogP contribution in [0.2, 0.25) is 0 Å². The SMILES string of the molecule is Cc1c(N(CC(=O)N[C@H](C)c2ccc3c(c2)OCCO3)S(C)(=O)=O)cccc1[N+](=O)[O-]. The number of hydrogen-bond donors (Lipinski definition) is 1. The van der Waals surface area contributed by atoms with Crippen LogP contribution in [0.4, 0.5) is 11.4 Å². The molecule has 2 aromatic carbocycles. The molecule has 0 spiro atoms. The summed E-state index contributed by atoms with van der Waals surface area (Å²) in [6.45, 7) is 3.59. The molecule has 0 aliphatic carbocycles. The Bertz CT molecular complexity index is 1120. The molecule has 0 saturated heterocycles. The smallest absolute Gasteiger partial charge is 0.274 e. The number of sulfonamides is 1. The number of fused-ring (bicyclic) bond motifs is 1. The molecule has 0 unspecified atom stereocenters. The van der Waals surface area contributed by atoms with E-state index in [-0.39, 0.29) is 16.9 Å². The van der Waals surface area contributed by atoms with Gasteiger partial charge in [-0.3, -0.25) is 19.2 Å². The van der Waals surface area contributed by atoms with Crippen LogP contribution >= 0.6 is 0 Å². The van der Waals surface area contributed by atoms with Gasteiger partial charge in [0, 0.05) is 6.07 Å². The van der Waals surface area contributed by atoms with Crippen LogP contribution in [0.5, 0.6) is 11.5 Å². The lowest BCUT2D eigenvalue weighted by Crippen LogP contribution is -2.41. The molecule has 1 atom stereocenters. The number of amides is 1. The fourth-order valence-corrected chi connectivity index (χ4v) is 4.20. The Morgan fingerprint density at radius 1 is 1.23 bits per heavy atom. The molecule has 0 fully saturated rings. The van der Waals surface area contributed by atoms with Gasteiger partial charge in [0.25, 0.3) is 5.69 Å². The van der Waals surface area contributed by atoms with Crippen molar-refractivity contribution in [2.24, 2.45) is 0 Å². The summed E-state index contributed by atoms with van der Waals surface area (Å²) in [6.07, 6.45) is 0.947. The van der Waals surface area contributed by atoms with Crippen LogP contribution in [0, 0.1) is 17.0 Å². The zero-order valence-electron chi connectivity index (χ0n) is 17.3. The molecule has 0 saturated carbocycles. The van der Waals surface area contributed by atoms with Crippen molar-refractivity contribution in [3.05, 3.63) is 57.6 Å². The Morgan fingerprint density at radius 2 is 1.90 bits per heavy atom. The molecule has 2 aromatic rings. The number of carbonyl (C=O) groups is 1. The zero-order chi connectivity index (χ0) is 22.8. The minimum absolute atomic E-state index is 0.0823. The average Bonchev–Trinajstić information content (AvgIpc) is 2.71. The maximum atomic E-state index is 12.7. The van der Waals surface area contributed by atoms with E-state index in [1.165, 1.54) is 25.1 Å². The van der Waals surface area contributed by atoms with Gasteiger partial charge in [0.2, 0.25) is 15.9 Å². The van der Waals surface area contributed by atoms with Gasteiger partial charge in [0.15, 0.2) is 11.5 Å². The number of nitro benzene ring substituents is 1. The highest BCUT2D eigenvalue weighted by Gasteiger charge is 2.26. The third kappa shape index (κ3) is 5.05. The Balaban J connectivity index is 1.79. The van der Waals surface area contributed by atoms with Crippen LogP contribution in [-0.4, -0.2) is 45.3 Å². The van der Waals surface area contributed by atoms with Crippen molar-refractivity contribution in [2.75, 3.05) is 30.3 Å². The molecular weight excluding hydrogens is 426 g/mol. The molecule has 0 radical (unpaired) electrons. The maximum absolute atomic E-state index is 12.7. The van der Waals surface area contributed by atoms with E-state index in [2.05, 4.69) is 5.32 Å². The van der Waals surface area contributed by atoms with Gasteiger partial charge in [-0.25, -0.2) is 8.42 Å². The topological polar surface area (TPSA) is 128 Å². The van der Waals surface area contributed by atoms with Crippen molar-refractivity contribution in [1.82, 2.24) is 5.32 Å². The molecule has 1 aliphatic heterocycles.